The van der Waals surface area contributed by atoms with Gasteiger partial charge in [0.2, 0.25) is 5.91 Å². The number of nitrogens with two attached hydrogens (primary N) is 1. The average molecular weight is 263 g/mol. The van der Waals surface area contributed by atoms with E-state index in [0.717, 1.165) is 18.8 Å². The summed E-state index contributed by atoms with van der Waals surface area (Å²) in [6, 6.07) is 7.07. The standard InChI is InChI=1S/C15H25N3O/c1-5-18(10-11(2)3)12(4)15(19)17-14-8-6-13(16)7-9-14/h6-9,11-12H,5,10,16H2,1-4H3,(H,17,19). The molecule has 1 aromatic rings. The molecule has 0 fully saturated rings. The third-order valence-corrected chi connectivity index (χ3v) is 3.11. The zero-order chi connectivity index (χ0) is 14.4. The van der Waals surface area contributed by atoms with Crippen molar-refractivity contribution in [3.8, 4) is 0 Å². The molecule has 1 amide bonds. The second-order valence-corrected chi connectivity index (χ2v) is 5.27. The highest BCUT2D eigenvalue weighted by Gasteiger charge is 2.20. The fourth-order valence-electron chi connectivity index (χ4n) is 2.01. The van der Waals surface area contributed by atoms with Gasteiger partial charge in [-0.2, -0.15) is 0 Å². The van der Waals surface area contributed by atoms with Gasteiger partial charge in [-0.25, -0.2) is 0 Å². The number of nitrogen functional groups attached to an aromatic ring is 1. The molecule has 4 heteroatoms. The summed E-state index contributed by atoms with van der Waals surface area (Å²) in [6.45, 7) is 10.1. The van der Waals surface area contributed by atoms with Gasteiger partial charge in [-0.1, -0.05) is 20.8 Å². The first-order valence-corrected chi connectivity index (χ1v) is 6.84. The highest BCUT2D eigenvalue weighted by molar-refractivity contribution is 5.94. The average Bonchev–Trinajstić information content (AvgIpc) is 2.37. The Morgan fingerprint density at radius 3 is 2.32 bits per heavy atom. The molecule has 0 spiro atoms. The van der Waals surface area contributed by atoms with Crippen LogP contribution in [0.2, 0.25) is 0 Å². The van der Waals surface area contributed by atoms with Crippen LogP contribution in [0.1, 0.15) is 27.7 Å². The Morgan fingerprint density at radius 2 is 1.84 bits per heavy atom. The zero-order valence-electron chi connectivity index (χ0n) is 12.3. The SMILES string of the molecule is CCN(CC(C)C)C(C)C(=O)Nc1ccc(N)cc1. The number of carbonyl (C=O) groups excluding carboxylic acids is 1. The van der Waals surface area contributed by atoms with Gasteiger partial charge < -0.3 is 11.1 Å². The van der Waals surface area contributed by atoms with Gasteiger partial charge in [0, 0.05) is 17.9 Å². The van der Waals surface area contributed by atoms with Crippen LogP contribution >= 0.6 is 0 Å². The van der Waals surface area contributed by atoms with Crippen molar-refractivity contribution < 1.29 is 4.79 Å². The first-order chi connectivity index (χ1) is 8.93. The molecule has 0 bridgehead atoms. The van der Waals surface area contributed by atoms with E-state index in [9.17, 15) is 4.79 Å². The lowest BCUT2D eigenvalue weighted by Gasteiger charge is -2.28. The van der Waals surface area contributed by atoms with Gasteiger partial charge in [0.15, 0.2) is 0 Å². The van der Waals surface area contributed by atoms with Crippen LogP contribution in [0.3, 0.4) is 0 Å². The molecule has 0 aliphatic rings. The summed E-state index contributed by atoms with van der Waals surface area (Å²) in [7, 11) is 0. The van der Waals surface area contributed by atoms with E-state index in [2.05, 4.69) is 31.0 Å². The Balaban J connectivity index is 2.63. The van der Waals surface area contributed by atoms with Gasteiger partial charge >= 0.3 is 0 Å². The maximum Gasteiger partial charge on any atom is 0.241 e. The molecule has 1 atom stereocenters. The van der Waals surface area contributed by atoms with Gasteiger partial charge in [0.1, 0.15) is 0 Å². The van der Waals surface area contributed by atoms with E-state index in [1.54, 1.807) is 12.1 Å². The fraction of sp³-hybridized carbons (Fsp3) is 0.533. The molecule has 0 heterocycles. The highest BCUT2D eigenvalue weighted by Crippen LogP contribution is 2.12. The second-order valence-electron chi connectivity index (χ2n) is 5.27. The van der Waals surface area contributed by atoms with E-state index in [-0.39, 0.29) is 11.9 Å². The number of amides is 1. The Morgan fingerprint density at radius 1 is 1.26 bits per heavy atom. The Bertz CT molecular complexity index is 400. The molecule has 0 radical (unpaired) electrons. The molecule has 4 nitrogen and oxygen atoms in total. The molecule has 0 aliphatic heterocycles. The summed E-state index contributed by atoms with van der Waals surface area (Å²) < 4.78 is 0. The van der Waals surface area contributed by atoms with E-state index < -0.39 is 0 Å². The Kier molecular flexibility index (Phi) is 5.83. The van der Waals surface area contributed by atoms with Crippen LogP contribution in [-0.2, 0) is 4.79 Å². The summed E-state index contributed by atoms with van der Waals surface area (Å²) in [6.07, 6.45) is 0. The number of hydrogen-bond donors (Lipinski definition) is 2. The minimum absolute atomic E-state index is 0.0206. The van der Waals surface area contributed by atoms with Gasteiger partial charge in [0.25, 0.3) is 0 Å². The van der Waals surface area contributed by atoms with Crippen LogP contribution in [0.5, 0.6) is 0 Å². The van der Waals surface area contributed by atoms with E-state index in [1.807, 2.05) is 19.1 Å². The van der Waals surface area contributed by atoms with Crippen LogP contribution in [0.15, 0.2) is 24.3 Å². The number of hydrogen-bond acceptors (Lipinski definition) is 3. The highest BCUT2D eigenvalue weighted by atomic mass is 16.2. The molecule has 106 valence electrons. The lowest BCUT2D eigenvalue weighted by molar-refractivity contribution is -0.120. The number of anilines is 2. The largest absolute Gasteiger partial charge is 0.399 e. The molecule has 1 aromatic carbocycles. The van der Waals surface area contributed by atoms with Crippen molar-refractivity contribution in [1.29, 1.82) is 0 Å². The van der Waals surface area contributed by atoms with Gasteiger partial charge in [-0.3, -0.25) is 9.69 Å². The summed E-state index contributed by atoms with van der Waals surface area (Å²) in [5.41, 5.74) is 7.10. The van der Waals surface area contributed by atoms with Gasteiger partial charge in [0.05, 0.1) is 6.04 Å². The summed E-state index contributed by atoms with van der Waals surface area (Å²) in [4.78, 5) is 14.4. The minimum Gasteiger partial charge on any atom is -0.399 e. The molecule has 19 heavy (non-hydrogen) atoms. The van der Waals surface area contributed by atoms with Crippen LogP contribution in [-0.4, -0.2) is 29.9 Å². The third-order valence-electron chi connectivity index (χ3n) is 3.11. The van der Waals surface area contributed by atoms with Crippen molar-refractivity contribution in [2.24, 2.45) is 5.92 Å². The molecule has 1 unspecified atom stereocenters. The molecule has 1 rings (SSSR count). The van der Waals surface area contributed by atoms with E-state index in [4.69, 9.17) is 5.73 Å². The van der Waals surface area contributed by atoms with E-state index in [1.165, 1.54) is 0 Å². The van der Waals surface area contributed by atoms with Crippen LogP contribution in [0, 0.1) is 5.92 Å². The second kappa shape index (κ2) is 7.14. The monoisotopic (exact) mass is 263 g/mol. The van der Waals surface area contributed by atoms with E-state index in [0.29, 0.717) is 11.6 Å². The van der Waals surface area contributed by atoms with Gasteiger partial charge in [-0.05, 0) is 43.7 Å². The number of carbonyl (C=O) groups is 1. The minimum atomic E-state index is -0.134. The quantitative estimate of drug-likeness (QED) is 0.776. The maximum atomic E-state index is 12.2. The molecule has 0 saturated carbocycles. The van der Waals surface area contributed by atoms with Crippen LogP contribution < -0.4 is 11.1 Å². The van der Waals surface area contributed by atoms with E-state index >= 15 is 0 Å². The topological polar surface area (TPSA) is 58.4 Å². The van der Waals surface area contributed by atoms with Crippen LogP contribution in [0.4, 0.5) is 11.4 Å². The zero-order valence-corrected chi connectivity index (χ0v) is 12.3. The van der Waals surface area contributed by atoms with Crippen molar-refractivity contribution in [1.82, 2.24) is 4.90 Å². The Hall–Kier alpha value is -1.55. The van der Waals surface area contributed by atoms with Crippen molar-refractivity contribution in [3.63, 3.8) is 0 Å². The lowest BCUT2D eigenvalue weighted by atomic mass is 10.1. The Labute approximate surface area is 116 Å². The van der Waals surface area contributed by atoms with Gasteiger partial charge in [-0.15, -0.1) is 0 Å². The molecule has 3 N–H and O–H groups in total. The molecule has 0 aromatic heterocycles. The number of rotatable bonds is 6. The number of likely N-dealkylation sites (N-methyl/N-ethyl adjacent to an activating group) is 1. The smallest absolute Gasteiger partial charge is 0.241 e. The first-order valence-electron chi connectivity index (χ1n) is 6.84. The number of benzene rings is 1. The van der Waals surface area contributed by atoms with Crippen molar-refractivity contribution in [2.75, 3.05) is 24.1 Å². The summed E-state index contributed by atoms with van der Waals surface area (Å²) >= 11 is 0. The first kappa shape index (κ1) is 15.5. The number of nitrogens with zero attached hydrogens (tertiary/aromatic N) is 1. The molecular weight excluding hydrogens is 238 g/mol. The van der Waals surface area contributed by atoms with Crippen molar-refractivity contribution >= 4 is 17.3 Å². The van der Waals surface area contributed by atoms with Crippen LogP contribution in [0.25, 0.3) is 0 Å². The third kappa shape index (κ3) is 4.91. The van der Waals surface area contributed by atoms with Crippen molar-refractivity contribution in [3.05, 3.63) is 24.3 Å². The summed E-state index contributed by atoms with van der Waals surface area (Å²) in [5, 5.41) is 2.92. The molecular formula is C15H25N3O. The molecule has 0 saturated heterocycles. The summed E-state index contributed by atoms with van der Waals surface area (Å²) in [5.74, 6) is 0.569. The predicted octanol–water partition coefficient (Wildman–Crippen LogP) is 2.57. The predicted molar refractivity (Wildman–Crippen MR) is 81.0 cm³/mol. The number of nitrogens with one attached hydrogen (secondary N) is 1. The fourth-order valence-corrected chi connectivity index (χ4v) is 2.01. The normalized spacial score (nSPS) is 12.7. The maximum absolute atomic E-state index is 12.2. The molecule has 0 aliphatic carbocycles. The van der Waals surface area contributed by atoms with Crippen molar-refractivity contribution in [2.45, 2.75) is 33.7 Å². The lowest BCUT2D eigenvalue weighted by Crippen LogP contribution is -2.43.